The molecule has 1 N–H and O–H groups in total. The Balaban J connectivity index is 2.23. The molecule has 0 saturated carbocycles. The minimum absolute atomic E-state index is 0.0458. The van der Waals surface area contributed by atoms with E-state index in [-0.39, 0.29) is 12.3 Å². The Kier molecular flexibility index (Phi) is 3.99. The van der Waals surface area contributed by atoms with E-state index < -0.39 is 4.92 Å². The maximum atomic E-state index is 10.6. The zero-order chi connectivity index (χ0) is 13.8. The Labute approximate surface area is 114 Å². The Bertz CT molecular complexity index is 615. The van der Waals surface area contributed by atoms with Crippen molar-refractivity contribution in [3.05, 3.63) is 63.2 Å². The normalized spacial score (nSPS) is 10.2. The second-order valence-corrected chi connectivity index (χ2v) is 4.18. The van der Waals surface area contributed by atoms with Gasteiger partial charge >= 0.3 is 0 Å². The van der Waals surface area contributed by atoms with E-state index in [2.05, 4.69) is 0 Å². The second kappa shape index (κ2) is 5.69. The molecule has 0 aliphatic carbocycles. The molecule has 0 aliphatic heterocycles. The van der Waals surface area contributed by atoms with Gasteiger partial charge in [-0.2, -0.15) is 0 Å². The molecule has 98 valence electrons. The number of rotatable bonds is 4. The van der Waals surface area contributed by atoms with Gasteiger partial charge in [-0.15, -0.1) is 0 Å². The van der Waals surface area contributed by atoms with E-state index in [0.29, 0.717) is 22.1 Å². The lowest BCUT2D eigenvalue weighted by atomic mass is 10.2. The van der Waals surface area contributed by atoms with Crippen molar-refractivity contribution in [1.29, 1.82) is 0 Å². The molecule has 0 heterocycles. The third kappa shape index (κ3) is 3.21. The number of aliphatic hydroxyl groups is 1. The smallest absolute Gasteiger partial charge is 0.273 e. The van der Waals surface area contributed by atoms with E-state index in [1.54, 1.807) is 24.3 Å². The molecule has 0 aromatic heterocycles. The topological polar surface area (TPSA) is 72.6 Å². The van der Waals surface area contributed by atoms with Crippen molar-refractivity contribution < 1.29 is 14.8 Å². The van der Waals surface area contributed by atoms with Crippen LogP contribution < -0.4 is 4.74 Å². The summed E-state index contributed by atoms with van der Waals surface area (Å²) in [5.41, 5.74) is 0.545. The number of nitrogens with zero attached hydrogens (tertiary/aromatic N) is 1. The van der Waals surface area contributed by atoms with Gasteiger partial charge in [0, 0.05) is 11.1 Å². The summed E-state index contributed by atoms with van der Waals surface area (Å²) >= 11 is 5.93. The van der Waals surface area contributed by atoms with Crippen molar-refractivity contribution in [3.63, 3.8) is 0 Å². The van der Waals surface area contributed by atoms with Crippen molar-refractivity contribution in [1.82, 2.24) is 0 Å². The van der Waals surface area contributed by atoms with E-state index in [0.717, 1.165) is 0 Å². The zero-order valence-electron chi connectivity index (χ0n) is 9.75. The highest BCUT2D eigenvalue weighted by molar-refractivity contribution is 6.31. The predicted octanol–water partition coefficient (Wildman–Crippen LogP) is 3.53. The van der Waals surface area contributed by atoms with Crippen LogP contribution in [0.4, 0.5) is 5.69 Å². The fourth-order valence-corrected chi connectivity index (χ4v) is 1.75. The molecule has 0 bridgehead atoms. The number of ether oxygens (including phenoxy) is 1. The van der Waals surface area contributed by atoms with Crippen LogP contribution in [0.1, 0.15) is 5.56 Å². The lowest BCUT2D eigenvalue weighted by Gasteiger charge is -2.07. The fraction of sp³-hybridized carbons (Fsp3) is 0.0769. The standard InChI is InChI=1S/C13H10ClNO4/c14-13-7-12(5-4-9(13)8-16)19-11-3-1-2-10(6-11)15(17)18/h1-7,16H,8H2. The van der Waals surface area contributed by atoms with Gasteiger partial charge in [-0.25, -0.2) is 0 Å². The van der Waals surface area contributed by atoms with E-state index in [1.165, 1.54) is 18.2 Å². The first-order valence-corrected chi connectivity index (χ1v) is 5.79. The first kappa shape index (κ1) is 13.3. The van der Waals surface area contributed by atoms with Crippen LogP contribution in [0.5, 0.6) is 11.5 Å². The Hall–Kier alpha value is -2.11. The Morgan fingerprint density at radius 1 is 1.21 bits per heavy atom. The second-order valence-electron chi connectivity index (χ2n) is 3.77. The SMILES string of the molecule is O=[N+]([O-])c1cccc(Oc2ccc(CO)c(Cl)c2)c1. The number of nitro benzene ring substituents is 1. The fourth-order valence-electron chi connectivity index (χ4n) is 1.52. The quantitative estimate of drug-likeness (QED) is 0.686. The summed E-state index contributed by atoms with van der Waals surface area (Å²) in [4.78, 5) is 10.2. The highest BCUT2D eigenvalue weighted by Crippen LogP contribution is 2.28. The summed E-state index contributed by atoms with van der Waals surface area (Å²) in [6.45, 7) is -0.157. The third-order valence-electron chi connectivity index (χ3n) is 2.46. The molecular formula is C13H10ClNO4. The van der Waals surface area contributed by atoms with E-state index in [4.69, 9.17) is 21.4 Å². The van der Waals surface area contributed by atoms with E-state index in [9.17, 15) is 10.1 Å². The van der Waals surface area contributed by atoms with Gasteiger partial charge < -0.3 is 9.84 Å². The lowest BCUT2D eigenvalue weighted by molar-refractivity contribution is -0.384. The summed E-state index contributed by atoms with van der Waals surface area (Å²) in [6, 6.07) is 10.7. The van der Waals surface area contributed by atoms with E-state index in [1.807, 2.05) is 0 Å². The summed E-state index contributed by atoms with van der Waals surface area (Å²) in [7, 11) is 0. The molecule has 5 nitrogen and oxygen atoms in total. The minimum atomic E-state index is -0.491. The average molecular weight is 280 g/mol. The van der Waals surface area contributed by atoms with Gasteiger partial charge in [-0.1, -0.05) is 23.7 Å². The largest absolute Gasteiger partial charge is 0.457 e. The number of hydrogen-bond donors (Lipinski definition) is 1. The molecule has 2 rings (SSSR count). The summed E-state index contributed by atoms with van der Waals surface area (Å²) < 4.78 is 5.48. The van der Waals surface area contributed by atoms with Crippen molar-refractivity contribution in [2.24, 2.45) is 0 Å². The van der Waals surface area contributed by atoms with Crippen LogP contribution in [-0.4, -0.2) is 10.0 Å². The number of benzene rings is 2. The van der Waals surface area contributed by atoms with Gasteiger partial charge in [0.15, 0.2) is 0 Å². The molecule has 0 amide bonds. The molecule has 0 atom stereocenters. The zero-order valence-corrected chi connectivity index (χ0v) is 10.5. The first-order chi connectivity index (χ1) is 9.10. The molecule has 2 aromatic rings. The Morgan fingerprint density at radius 3 is 2.58 bits per heavy atom. The third-order valence-corrected chi connectivity index (χ3v) is 2.81. The van der Waals surface area contributed by atoms with Gasteiger partial charge in [0.2, 0.25) is 0 Å². The van der Waals surface area contributed by atoms with Crippen molar-refractivity contribution >= 4 is 17.3 Å². The van der Waals surface area contributed by atoms with Crippen molar-refractivity contribution in [2.75, 3.05) is 0 Å². The van der Waals surface area contributed by atoms with Crippen LogP contribution >= 0.6 is 11.6 Å². The highest BCUT2D eigenvalue weighted by Gasteiger charge is 2.08. The molecule has 0 radical (unpaired) electrons. The van der Waals surface area contributed by atoms with E-state index >= 15 is 0 Å². The summed E-state index contributed by atoms with van der Waals surface area (Å²) in [5.74, 6) is 0.796. The van der Waals surface area contributed by atoms with Crippen LogP contribution in [-0.2, 0) is 6.61 Å². The molecule has 2 aromatic carbocycles. The van der Waals surface area contributed by atoms with Crippen molar-refractivity contribution in [3.8, 4) is 11.5 Å². The van der Waals surface area contributed by atoms with Gasteiger partial charge in [0.25, 0.3) is 5.69 Å². The molecule has 0 spiro atoms. The molecule has 0 unspecified atom stereocenters. The van der Waals surface area contributed by atoms with Crippen LogP contribution in [0.2, 0.25) is 5.02 Å². The number of nitro groups is 1. The maximum Gasteiger partial charge on any atom is 0.273 e. The highest BCUT2D eigenvalue weighted by atomic mass is 35.5. The predicted molar refractivity (Wildman–Crippen MR) is 70.5 cm³/mol. The van der Waals surface area contributed by atoms with Crippen LogP contribution in [0.25, 0.3) is 0 Å². The molecule has 0 aliphatic rings. The number of hydrogen-bond acceptors (Lipinski definition) is 4. The van der Waals surface area contributed by atoms with Crippen LogP contribution in [0, 0.1) is 10.1 Å². The molecule has 0 fully saturated rings. The monoisotopic (exact) mass is 279 g/mol. The maximum absolute atomic E-state index is 10.6. The van der Waals surface area contributed by atoms with Gasteiger partial charge in [-0.05, 0) is 23.8 Å². The minimum Gasteiger partial charge on any atom is -0.457 e. The van der Waals surface area contributed by atoms with Crippen LogP contribution in [0.15, 0.2) is 42.5 Å². The van der Waals surface area contributed by atoms with Crippen LogP contribution in [0.3, 0.4) is 0 Å². The lowest BCUT2D eigenvalue weighted by Crippen LogP contribution is -1.90. The van der Waals surface area contributed by atoms with Gasteiger partial charge in [0.05, 0.1) is 17.6 Å². The number of aliphatic hydroxyl groups excluding tert-OH is 1. The Morgan fingerprint density at radius 2 is 1.95 bits per heavy atom. The molecular weight excluding hydrogens is 270 g/mol. The first-order valence-electron chi connectivity index (χ1n) is 5.42. The summed E-state index contributed by atoms with van der Waals surface area (Å²) in [5, 5.41) is 20.0. The number of halogens is 1. The van der Waals surface area contributed by atoms with Crippen molar-refractivity contribution in [2.45, 2.75) is 6.61 Å². The average Bonchev–Trinajstić information content (AvgIpc) is 2.39. The summed E-state index contributed by atoms with van der Waals surface area (Å²) in [6.07, 6.45) is 0. The van der Waals surface area contributed by atoms with Gasteiger partial charge in [-0.3, -0.25) is 10.1 Å². The van der Waals surface area contributed by atoms with Gasteiger partial charge in [0.1, 0.15) is 11.5 Å². The molecule has 19 heavy (non-hydrogen) atoms. The molecule has 0 saturated heterocycles. The number of non-ortho nitro benzene ring substituents is 1. The molecule has 6 heteroatoms.